The minimum atomic E-state index is -0.0499. The number of aromatic nitrogens is 2. The molecular weight excluding hydrogens is 314 g/mol. The van der Waals surface area contributed by atoms with E-state index in [1.54, 1.807) is 6.07 Å². The second kappa shape index (κ2) is 6.53. The van der Waals surface area contributed by atoms with Crippen molar-refractivity contribution in [2.45, 2.75) is 19.5 Å². The van der Waals surface area contributed by atoms with Crippen molar-refractivity contribution in [2.75, 3.05) is 6.54 Å². The summed E-state index contributed by atoms with van der Waals surface area (Å²) in [6, 6.07) is 17.0. The zero-order valence-corrected chi connectivity index (χ0v) is 13.8. The number of benzene rings is 2. The van der Waals surface area contributed by atoms with E-state index in [9.17, 15) is 9.90 Å². The summed E-state index contributed by atoms with van der Waals surface area (Å²) < 4.78 is 0. The monoisotopic (exact) mass is 333 g/mol. The average molecular weight is 333 g/mol. The Morgan fingerprint density at radius 3 is 2.64 bits per heavy atom. The maximum absolute atomic E-state index is 12.4. The Balaban J connectivity index is 1.63. The molecule has 25 heavy (non-hydrogen) atoms. The predicted molar refractivity (Wildman–Crippen MR) is 96.2 cm³/mol. The summed E-state index contributed by atoms with van der Waals surface area (Å²) in [6.07, 6.45) is 0.667. The Morgan fingerprint density at radius 1 is 1.08 bits per heavy atom. The quantitative estimate of drug-likeness (QED) is 0.773. The zero-order valence-electron chi connectivity index (χ0n) is 13.8. The van der Waals surface area contributed by atoms with E-state index in [0.717, 1.165) is 28.9 Å². The molecule has 5 nitrogen and oxygen atoms in total. The largest absolute Gasteiger partial charge is 0.508 e. The van der Waals surface area contributed by atoms with Crippen molar-refractivity contribution in [3.8, 4) is 17.1 Å². The minimum Gasteiger partial charge on any atom is -0.508 e. The summed E-state index contributed by atoms with van der Waals surface area (Å²) in [5.41, 5.74) is 3.34. The first-order valence-electron chi connectivity index (χ1n) is 8.37. The van der Waals surface area contributed by atoms with E-state index in [0.29, 0.717) is 31.1 Å². The van der Waals surface area contributed by atoms with Gasteiger partial charge in [-0.05, 0) is 12.5 Å². The molecule has 126 valence electrons. The highest BCUT2D eigenvalue weighted by Gasteiger charge is 2.22. The fraction of sp³-hybridized carbons (Fsp3) is 0.200. The van der Waals surface area contributed by atoms with Gasteiger partial charge in [0.25, 0.3) is 5.56 Å². The van der Waals surface area contributed by atoms with Crippen LogP contribution in [0.5, 0.6) is 5.75 Å². The second-order valence-electron chi connectivity index (χ2n) is 6.30. The topological polar surface area (TPSA) is 69.2 Å². The molecule has 0 fully saturated rings. The van der Waals surface area contributed by atoms with Crippen molar-refractivity contribution in [1.29, 1.82) is 0 Å². The lowest BCUT2D eigenvalue weighted by molar-refractivity contribution is 0.237. The van der Waals surface area contributed by atoms with E-state index >= 15 is 0 Å². The Bertz CT molecular complexity index is 951. The first kappa shape index (κ1) is 15.6. The van der Waals surface area contributed by atoms with Gasteiger partial charge in [-0.1, -0.05) is 48.5 Å². The van der Waals surface area contributed by atoms with E-state index in [1.807, 2.05) is 48.5 Å². The summed E-state index contributed by atoms with van der Waals surface area (Å²) in [5, 5.41) is 9.98. The van der Waals surface area contributed by atoms with Gasteiger partial charge in [0.15, 0.2) is 0 Å². The number of H-pyrrole nitrogens is 1. The summed E-state index contributed by atoms with van der Waals surface area (Å²) in [4.78, 5) is 22.2. The summed E-state index contributed by atoms with van der Waals surface area (Å²) in [5.74, 6) is 0.908. The van der Waals surface area contributed by atoms with E-state index < -0.39 is 0 Å². The molecule has 3 aromatic rings. The van der Waals surface area contributed by atoms with E-state index in [1.165, 1.54) is 0 Å². The smallest absolute Gasteiger partial charge is 0.254 e. The fourth-order valence-corrected chi connectivity index (χ4v) is 3.25. The van der Waals surface area contributed by atoms with Crippen LogP contribution in [0.1, 0.15) is 16.8 Å². The number of nitrogens with one attached hydrogen (secondary N) is 1. The van der Waals surface area contributed by atoms with Gasteiger partial charge in [-0.3, -0.25) is 9.69 Å². The van der Waals surface area contributed by atoms with Crippen molar-refractivity contribution in [3.05, 3.63) is 81.8 Å². The Hall–Kier alpha value is -2.92. The molecule has 0 bridgehead atoms. The molecular formula is C20H19N3O2. The number of fused-ring (bicyclic) bond motifs is 1. The Labute approximate surface area is 145 Å². The van der Waals surface area contributed by atoms with Crippen LogP contribution in [0.3, 0.4) is 0 Å². The highest BCUT2D eigenvalue weighted by molar-refractivity contribution is 5.54. The van der Waals surface area contributed by atoms with Crippen LogP contribution in [0.4, 0.5) is 0 Å². The first-order valence-corrected chi connectivity index (χ1v) is 8.37. The summed E-state index contributed by atoms with van der Waals surface area (Å²) in [7, 11) is 0. The molecule has 4 rings (SSSR count). The highest BCUT2D eigenvalue weighted by Crippen LogP contribution is 2.23. The van der Waals surface area contributed by atoms with E-state index in [-0.39, 0.29) is 5.56 Å². The van der Waals surface area contributed by atoms with Crippen molar-refractivity contribution < 1.29 is 5.11 Å². The fourth-order valence-electron chi connectivity index (χ4n) is 3.25. The molecule has 2 N–H and O–H groups in total. The molecule has 0 unspecified atom stereocenters. The number of aromatic hydroxyl groups is 1. The van der Waals surface area contributed by atoms with Gasteiger partial charge in [0.1, 0.15) is 11.6 Å². The number of phenolic OH excluding ortho intramolecular Hbond substituents is 1. The molecule has 0 atom stereocenters. The average Bonchev–Trinajstić information content (AvgIpc) is 2.64. The number of aromatic amines is 1. The normalized spacial score (nSPS) is 14.2. The van der Waals surface area contributed by atoms with Gasteiger partial charge in [0.2, 0.25) is 0 Å². The summed E-state index contributed by atoms with van der Waals surface area (Å²) in [6.45, 7) is 2.02. The number of hydrogen-bond donors (Lipinski definition) is 2. The van der Waals surface area contributed by atoms with Crippen LogP contribution in [0.2, 0.25) is 0 Å². The van der Waals surface area contributed by atoms with Crippen molar-refractivity contribution >= 4 is 0 Å². The molecule has 0 aliphatic carbocycles. The standard InChI is InChI=1S/C20H19N3O2/c24-18-9-5-4-8-15(18)12-23-11-10-16-17(13-23)21-19(22-20(16)25)14-6-2-1-3-7-14/h1-9,24H,10-13H2,(H,21,22,25). The number of rotatable bonds is 3. The third-order valence-corrected chi connectivity index (χ3v) is 4.59. The number of phenols is 1. The van der Waals surface area contributed by atoms with Gasteiger partial charge >= 0.3 is 0 Å². The molecule has 0 radical (unpaired) electrons. The van der Waals surface area contributed by atoms with E-state index in [4.69, 9.17) is 4.98 Å². The number of hydrogen-bond acceptors (Lipinski definition) is 4. The molecule has 5 heteroatoms. The van der Waals surface area contributed by atoms with Crippen LogP contribution < -0.4 is 5.56 Å². The van der Waals surface area contributed by atoms with Crippen molar-refractivity contribution in [1.82, 2.24) is 14.9 Å². The van der Waals surface area contributed by atoms with E-state index in [2.05, 4.69) is 9.88 Å². The minimum absolute atomic E-state index is 0.0499. The molecule has 1 aromatic heterocycles. The maximum Gasteiger partial charge on any atom is 0.254 e. The van der Waals surface area contributed by atoms with Crippen LogP contribution in [-0.4, -0.2) is 26.5 Å². The predicted octanol–water partition coefficient (Wildman–Crippen LogP) is 2.70. The molecule has 2 aromatic carbocycles. The van der Waals surface area contributed by atoms with Crippen molar-refractivity contribution in [3.63, 3.8) is 0 Å². The lowest BCUT2D eigenvalue weighted by Gasteiger charge is -2.28. The van der Waals surface area contributed by atoms with Gasteiger partial charge in [-0.25, -0.2) is 4.98 Å². The van der Waals surface area contributed by atoms with Gasteiger partial charge in [0, 0.05) is 36.3 Å². The zero-order chi connectivity index (χ0) is 17.2. The molecule has 0 spiro atoms. The van der Waals surface area contributed by atoms with Gasteiger partial charge < -0.3 is 10.1 Å². The van der Waals surface area contributed by atoms with Crippen LogP contribution in [-0.2, 0) is 19.5 Å². The van der Waals surface area contributed by atoms with Crippen LogP contribution in [0, 0.1) is 0 Å². The third-order valence-electron chi connectivity index (χ3n) is 4.59. The highest BCUT2D eigenvalue weighted by atomic mass is 16.3. The number of nitrogens with zero attached hydrogens (tertiary/aromatic N) is 2. The Morgan fingerprint density at radius 2 is 1.84 bits per heavy atom. The van der Waals surface area contributed by atoms with Crippen LogP contribution in [0.15, 0.2) is 59.4 Å². The van der Waals surface area contributed by atoms with Gasteiger partial charge in [0.05, 0.1) is 5.69 Å². The lowest BCUT2D eigenvalue weighted by atomic mass is 10.0. The van der Waals surface area contributed by atoms with Crippen LogP contribution in [0.25, 0.3) is 11.4 Å². The maximum atomic E-state index is 12.4. The molecule has 0 saturated carbocycles. The SMILES string of the molecule is O=c1[nH]c(-c2ccccc2)nc2c1CCN(Cc1ccccc1O)C2. The third kappa shape index (κ3) is 3.19. The van der Waals surface area contributed by atoms with Crippen molar-refractivity contribution in [2.24, 2.45) is 0 Å². The van der Waals surface area contributed by atoms with Gasteiger partial charge in [-0.15, -0.1) is 0 Å². The molecule has 1 aliphatic heterocycles. The number of para-hydroxylation sites is 1. The molecule has 0 saturated heterocycles. The Kier molecular flexibility index (Phi) is 4.07. The second-order valence-corrected chi connectivity index (χ2v) is 6.30. The first-order chi connectivity index (χ1) is 12.2. The van der Waals surface area contributed by atoms with Crippen LogP contribution >= 0.6 is 0 Å². The molecule has 2 heterocycles. The summed E-state index contributed by atoms with van der Waals surface area (Å²) >= 11 is 0. The lowest BCUT2D eigenvalue weighted by Crippen LogP contribution is -2.35. The molecule has 0 amide bonds. The van der Waals surface area contributed by atoms with Gasteiger partial charge in [-0.2, -0.15) is 0 Å². The molecule has 1 aliphatic rings.